The number of sulfonamides is 1. The van der Waals surface area contributed by atoms with Crippen LogP contribution in [0.1, 0.15) is 5.56 Å². The van der Waals surface area contributed by atoms with Crippen molar-refractivity contribution in [1.82, 2.24) is 4.31 Å². The van der Waals surface area contributed by atoms with Gasteiger partial charge in [-0.2, -0.15) is 0 Å². The van der Waals surface area contributed by atoms with Crippen molar-refractivity contribution in [3.8, 4) is 17.7 Å². The Bertz CT molecular complexity index is 772. The fourth-order valence-corrected chi connectivity index (χ4v) is 2.69. The minimum atomic E-state index is -3.60. The summed E-state index contributed by atoms with van der Waals surface area (Å²) >= 11 is 0. The van der Waals surface area contributed by atoms with Crippen LogP contribution in [-0.2, 0) is 10.0 Å². The Morgan fingerprint density at radius 2 is 1.68 bits per heavy atom. The van der Waals surface area contributed by atoms with E-state index < -0.39 is 10.0 Å². The van der Waals surface area contributed by atoms with Crippen molar-refractivity contribution >= 4 is 10.0 Å². The number of benzene rings is 2. The van der Waals surface area contributed by atoms with Gasteiger partial charge in [-0.15, -0.1) is 0 Å². The van der Waals surface area contributed by atoms with E-state index in [2.05, 4.69) is 12.0 Å². The van der Waals surface area contributed by atoms with Gasteiger partial charge in [0.15, 0.2) is 6.61 Å². The van der Waals surface area contributed by atoms with Crippen LogP contribution in [-0.4, -0.2) is 26.4 Å². The molecule has 2 aromatic carbocycles. The highest BCUT2D eigenvalue weighted by Gasteiger charge is 2.17. The molecule has 0 aliphatic carbocycles. The number of hydrogen-bond acceptors (Lipinski definition) is 3. The van der Waals surface area contributed by atoms with Gasteiger partial charge in [-0.05, 0) is 37.1 Å². The first-order valence-corrected chi connectivity index (χ1v) is 8.16. The Balaban J connectivity index is 2.01. The third-order valence-electron chi connectivity index (χ3n) is 2.97. The van der Waals surface area contributed by atoms with Crippen LogP contribution in [0.4, 0.5) is 0 Å². The van der Waals surface area contributed by atoms with Gasteiger partial charge in [0.1, 0.15) is 5.75 Å². The first-order chi connectivity index (χ1) is 10.5. The van der Waals surface area contributed by atoms with Crippen LogP contribution in [0.3, 0.4) is 0 Å². The van der Waals surface area contributed by atoms with Gasteiger partial charge in [-0.3, -0.25) is 0 Å². The summed E-state index contributed by atoms with van der Waals surface area (Å²) in [5, 5.41) is 0. The summed E-state index contributed by atoms with van der Waals surface area (Å²) in [6.07, 6.45) is 0. The zero-order valence-corrected chi connectivity index (χ0v) is 13.3. The van der Waals surface area contributed by atoms with Crippen molar-refractivity contribution in [2.45, 2.75) is 11.8 Å². The molecule has 0 radical (unpaired) electrons. The molecule has 0 amide bonds. The van der Waals surface area contributed by atoms with Crippen LogP contribution in [0.25, 0.3) is 0 Å². The molecule has 0 fully saturated rings. The van der Waals surface area contributed by atoms with Crippen LogP contribution in [0, 0.1) is 18.9 Å². The summed E-state index contributed by atoms with van der Waals surface area (Å²) in [5.74, 6) is 3.39. The van der Waals surface area contributed by atoms with Crippen LogP contribution in [0.2, 0.25) is 0 Å². The summed E-state index contributed by atoms with van der Waals surface area (Å²) in [7, 11) is -2.18. The number of hydrogen-bond donors (Lipinski definition) is 0. The number of rotatable bonds is 4. The molecule has 0 atom stereocenters. The SMILES string of the molecule is Cc1ccc(S(=O)(=O)N(C)C#CCOc2ccccc2)cc1. The summed E-state index contributed by atoms with van der Waals surface area (Å²) < 4.78 is 31.0. The van der Waals surface area contributed by atoms with Crippen LogP contribution < -0.4 is 4.74 Å². The van der Waals surface area contributed by atoms with Gasteiger partial charge in [0.05, 0.1) is 4.90 Å². The second kappa shape index (κ2) is 7.01. The fourth-order valence-electron chi connectivity index (χ4n) is 1.71. The smallest absolute Gasteiger partial charge is 0.270 e. The molecular formula is C17H17NO3S. The van der Waals surface area contributed by atoms with Crippen molar-refractivity contribution in [3.05, 3.63) is 60.2 Å². The Morgan fingerprint density at radius 1 is 1.05 bits per heavy atom. The molecule has 2 aromatic rings. The molecule has 5 heteroatoms. The van der Waals surface area contributed by atoms with E-state index in [9.17, 15) is 8.42 Å². The highest BCUT2D eigenvalue weighted by Crippen LogP contribution is 2.14. The monoisotopic (exact) mass is 315 g/mol. The van der Waals surface area contributed by atoms with E-state index in [0.717, 1.165) is 9.87 Å². The van der Waals surface area contributed by atoms with Gasteiger partial charge < -0.3 is 4.74 Å². The van der Waals surface area contributed by atoms with Crippen molar-refractivity contribution in [2.24, 2.45) is 0 Å². The largest absolute Gasteiger partial charge is 0.481 e. The van der Waals surface area contributed by atoms with Gasteiger partial charge in [-0.1, -0.05) is 35.9 Å². The normalized spacial score (nSPS) is 10.5. The average molecular weight is 315 g/mol. The maximum Gasteiger partial charge on any atom is 0.270 e. The van der Waals surface area contributed by atoms with E-state index in [1.165, 1.54) is 7.05 Å². The molecule has 22 heavy (non-hydrogen) atoms. The second-order valence-electron chi connectivity index (χ2n) is 4.68. The standard InChI is InChI=1S/C17H17NO3S/c1-15-9-11-17(12-10-15)22(19,20)18(2)13-6-14-21-16-7-4-3-5-8-16/h3-5,7-12H,14H2,1-2H3. The summed E-state index contributed by atoms with van der Waals surface area (Å²) in [4.78, 5) is 0.221. The highest BCUT2D eigenvalue weighted by atomic mass is 32.2. The Kier molecular flexibility index (Phi) is 5.08. The van der Waals surface area contributed by atoms with Gasteiger partial charge in [0.25, 0.3) is 10.0 Å². The summed E-state index contributed by atoms with van der Waals surface area (Å²) in [5.41, 5.74) is 1.00. The Hall–Kier alpha value is -2.45. The zero-order chi connectivity index (χ0) is 16.0. The maximum atomic E-state index is 12.3. The van der Waals surface area contributed by atoms with E-state index >= 15 is 0 Å². The maximum absolute atomic E-state index is 12.3. The summed E-state index contributed by atoms with van der Waals surface area (Å²) in [6.45, 7) is 2.03. The predicted molar refractivity (Wildman–Crippen MR) is 85.8 cm³/mol. The Morgan fingerprint density at radius 3 is 2.32 bits per heavy atom. The molecule has 0 saturated carbocycles. The minimum Gasteiger partial charge on any atom is -0.481 e. The zero-order valence-electron chi connectivity index (χ0n) is 12.5. The Labute approximate surface area is 131 Å². The molecule has 4 nitrogen and oxygen atoms in total. The lowest BCUT2D eigenvalue weighted by molar-refractivity contribution is 0.369. The van der Waals surface area contributed by atoms with Crippen molar-refractivity contribution in [3.63, 3.8) is 0 Å². The van der Waals surface area contributed by atoms with E-state index in [4.69, 9.17) is 4.74 Å². The molecule has 0 unspecified atom stereocenters. The quantitative estimate of drug-likeness (QED) is 0.644. The number of aryl methyl sites for hydroxylation is 1. The van der Waals surface area contributed by atoms with Gasteiger partial charge in [0, 0.05) is 13.1 Å². The third kappa shape index (κ3) is 4.03. The van der Waals surface area contributed by atoms with E-state index in [-0.39, 0.29) is 11.5 Å². The molecule has 0 bridgehead atoms. The lowest BCUT2D eigenvalue weighted by Gasteiger charge is -2.12. The van der Waals surface area contributed by atoms with Crippen molar-refractivity contribution < 1.29 is 13.2 Å². The first kappa shape index (κ1) is 15.9. The number of ether oxygens (including phenoxy) is 1. The molecule has 0 aliphatic rings. The summed E-state index contributed by atoms with van der Waals surface area (Å²) in [6, 6.07) is 18.5. The lowest BCUT2D eigenvalue weighted by Crippen LogP contribution is -2.22. The van der Waals surface area contributed by atoms with Crippen LogP contribution in [0.5, 0.6) is 5.75 Å². The van der Waals surface area contributed by atoms with Gasteiger partial charge in [0.2, 0.25) is 0 Å². The van der Waals surface area contributed by atoms with E-state index in [1.54, 1.807) is 24.3 Å². The first-order valence-electron chi connectivity index (χ1n) is 6.72. The van der Waals surface area contributed by atoms with Crippen LogP contribution >= 0.6 is 0 Å². The van der Waals surface area contributed by atoms with Crippen LogP contribution in [0.15, 0.2) is 59.5 Å². The second-order valence-corrected chi connectivity index (χ2v) is 6.65. The molecular weight excluding hydrogens is 298 g/mol. The van der Waals surface area contributed by atoms with Crippen molar-refractivity contribution in [1.29, 1.82) is 0 Å². The highest BCUT2D eigenvalue weighted by molar-refractivity contribution is 7.89. The molecule has 0 heterocycles. The molecule has 0 aromatic heterocycles. The molecule has 0 saturated heterocycles. The topological polar surface area (TPSA) is 46.6 Å². The lowest BCUT2D eigenvalue weighted by atomic mass is 10.2. The van der Waals surface area contributed by atoms with Gasteiger partial charge in [-0.25, -0.2) is 12.7 Å². The fraction of sp³-hybridized carbons (Fsp3) is 0.176. The molecule has 0 N–H and O–H groups in total. The van der Waals surface area contributed by atoms with Gasteiger partial charge >= 0.3 is 0 Å². The molecule has 114 valence electrons. The predicted octanol–water partition coefficient (Wildman–Crippen LogP) is 2.66. The minimum absolute atomic E-state index is 0.123. The molecule has 0 aliphatic heterocycles. The average Bonchev–Trinajstić information content (AvgIpc) is 2.52. The van der Waals surface area contributed by atoms with E-state index in [1.807, 2.05) is 37.3 Å². The van der Waals surface area contributed by atoms with Crippen molar-refractivity contribution in [2.75, 3.05) is 13.7 Å². The molecule has 2 rings (SSSR count). The third-order valence-corrected chi connectivity index (χ3v) is 4.65. The molecule has 0 spiro atoms. The number of nitrogens with zero attached hydrogens (tertiary/aromatic N) is 1. The van der Waals surface area contributed by atoms with E-state index in [0.29, 0.717) is 5.75 Å². The number of para-hydroxylation sites is 1.